The highest BCUT2D eigenvalue weighted by atomic mass is 28.4. The zero-order valence-electron chi connectivity index (χ0n) is 7.71. The molecule has 1 aromatic rings. The maximum atomic E-state index is 12.2. The fraction of sp³-hybridized carbons (Fsp3) is 0.400. The van der Waals surface area contributed by atoms with Gasteiger partial charge in [-0.25, -0.2) is 0 Å². The van der Waals surface area contributed by atoms with E-state index in [1.807, 2.05) is 44.2 Å². The fourth-order valence-corrected chi connectivity index (χ4v) is 3.52. The molecule has 0 aliphatic rings. The molecule has 0 amide bonds. The van der Waals surface area contributed by atoms with Crippen LogP contribution < -0.4 is 5.19 Å². The van der Waals surface area contributed by atoms with E-state index in [0.717, 1.165) is 17.3 Å². The first kappa shape index (κ1) is 9.48. The Balaban J connectivity index is 2.95. The molecule has 0 N–H and O–H groups in total. The van der Waals surface area contributed by atoms with Gasteiger partial charge in [0.15, 0.2) is 0 Å². The second kappa shape index (κ2) is 3.87. The van der Waals surface area contributed by atoms with Crippen molar-refractivity contribution in [2.24, 2.45) is 0 Å². The number of rotatable bonds is 3. The van der Waals surface area contributed by atoms with Gasteiger partial charge in [0.05, 0.1) is 0 Å². The second-order valence-corrected chi connectivity index (χ2v) is 7.05. The summed E-state index contributed by atoms with van der Waals surface area (Å²) >= 11 is 0. The Morgan fingerprint density at radius 3 is 2.00 bits per heavy atom. The van der Waals surface area contributed by atoms with Gasteiger partial charge in [0.1, 0.15) is 0 Å². The van der Waals surface area contributed by atoms with E-state index in [9.17, 15) is 4.80 Å². The molecule has 0 aliphatic heterocycles. The van der Waals surface area contributed by atoms with Crippen LogP contribution in [0.1, 0.15) is 13.8 Å². The topological polar surface area (TPSA) is 19.9 Å². The van der Waals surface area contributed by atoms with Crippen LogP contribution in [0.4, 0.5) is 0 Å². The Labute approximate surface area is 75.2 Å². The standard InChI is InChI=1S/C10H15OSi/c1-3-12(11,4-2)10-8-6-5-7-9-10/h5-9H,3-4H2,1-2H3. The summed E-state index contributed by atoms with van der Waals surface area (Å²) in [4.78, 5) is 12.2. The first-order valence-corrected chi connectivity index (χ1v) is 6.81. The van der Waals surface area contributed by atoms with E-state index in [-0.39, 0.29) is 0 Å². The molecule has 0 atom stereocenters. The van der Waals surface area contributed by atoms with Crippen molar-refractivity contribution in [3.63, 3.8) is 0 Å². The number of benzene rings is 1. The Morgan fingerprint density at radius 1 is 1.08 bits per heavy atom. The van der Waals surface area contributed by atoms with Crippen LogP contribution in [0.5, 0.6) is 0 Å². The highest BCUT2D eigenvalue weighted by Gasteiger charge is 2.31. The van der Waals surface area contributed by atoms with Crippen LogP contribution in [0.3, 0.4) is 0 Å². The number of hydrogen-bond acceptors (Lipinski definition) is 0. The molecule has 0 fully saturated rings. The van der Waals surface area contributed by atoms with E-state index in [4.69, 9.17) is 0 Å². The van der Waals surface area contributed by atoms with Crippen LogP contribution in [0.15, 0.2) is 30.3 Å². The third-order valence-corrected chi connectivity index (χ3v) is 6.11. The summed E-state index contributed by atoms with van der Waals surface area (Å²) < 4.78 is 0. The Morgan fingerprint density at radius 2 is 1.58 bits per heavy atom. The van der Waals surface area contributed by atoms with Gasteiger partial charge < -0.3 is 0 Å². The third-order valence-electron chi connectivity index (χ3n) is 2.44. The SMILES string of the molecule is CC[Si]([O])(CC)c1ccccc1. The average molecular weight is 179 g/mol. The van der Waals surface area contributed by atoms with Crippen LogP contribution in [0.25, 0.3) is 0 Å². The molecule has 2 heteroatoms. The Kier molecular flexibility index (Phi) is 3.06. The molecule has 1 aromatic carbocycles. The van der Waals surface area contributed by atoms with Crippen LogP contribution in [-0.2, 0) is 4.80 Å². The molecule has 12 heavy (non-hydrogen) atoms. The minimum Gasteiger partial charge on any atom is -0.291 e. The molecular formula is C10H15OSi. The summed E-state index contributed by atoms with van der Waals surface area (Å²) in [5, 5.41) is 1.05. The van der Waals surface area contributed by atoms with Crippen molar-refractivity contribution in [2.45, 2.75) is 25.9 Å². The summed E-state index contributed by atoms with van der Waals surface area (Å²) in [6.07, 6.45) is 0. The van der Waals surface area contributed by atoms with Gasteiger partial charge in [-0.2, -0.15) is 0 Å². The molecule has 0 saturated heterocycles. The van der Waals surface area contributed by atoms with Crippen LogP contribution in [-0.4, -0.2) is 8.32 Å². The summed E-state index contributed by atoms with van der Waals surface area (Å²) in [7, 11) is -2.32. The molecule has 1 rings (SSSR count). The maximum Gasteiger partial charge on any atom is 0.267 e. The highest BCUT2D eigenvalue weighted by Crippen LogP contribution is 2.11. The van der Waals surface area contributed by atoms with E-state index in [0.29, 0.717) is 0 Å². The molecule has 1 nitrogen and oxygen atoms in total. The molecule has 1 radical (unpaired) electrons. The van der Waals surface area contributed by atoms with Gasteiger partial charge >= 0.3 is 0 Å². The van der Waals surface area contributed by atoms with Crippen molar-refractivity contribution in [1.82, 2.24) is 0 Å². The zero-order valence-corrected chi connectivity index (χ0v) is 8.71. The predicted octanol–water partition coefficient (Wildman–Crippen LogP) is 2.31. The van der Waals surface area contributed by atoms with Crippen molar-refractivity contribution in [3.8, 4) is 0 Å². The molecule has 0 bridgehead atoms. The molecule has 0 aliphatic carbocycles. The predicted molar refractivity (Wildman–Crippen MR) is 53.5 cm³/mol. The normalized spacial score (nSPS) is 11.6. The lowest BCUT2D eigenvalue weighted by Crippen LogP contribution is -2.45. The van der Waals surface area contributed by atoms with E-state index < -0.39 is 8.32 Å². The van der Waals surface area contributed by atoms with Crippen LogP contribution in [0, 0.1) is 0 Å². The second-order valence-electron chi connectivity index (χ2n) is 3.07. The molecule has 0 unspecified atom stereocenters. The lowest BCUT2D eigenvalue weighted by atomic mass is 10.4. The minimum absolute atomic E-state index is 0.799. The molecule has 0 aromatic heterocycles. The van der Waals surface area contributed by atoms with Crippen molar-refractivity contribution < 1.29 is 4.80 Å². The van der Waals surface area contributed by atoms with Crippen molar-refractivity contribution in [1.29, 1.82) is 0 Å². The lowest BCUT2D eigenvalue weighted by Gasteiger charge is -2.18. The summed E-state index contributed by atoms with van der Waals surface area (Å²) in [5.74, 6) is 0. The average Bonchev–Trinajstić information content (AvgIpc) is 2.18. The monoisotopic (exact) mass is 179 g/mol. The van der Waals surface area contributed by atoms with Gasteiger partial charge in [0.2, 0.25) is 0 Å². The summed E-state index contributed by atoms with van der Waals surface area (Å²) in [5.41, 5.74) is 0. The maximum absolute atomic E-state index is 12.2. The van der Waals surface area contributed by atoms with Gasteiger partial charge in [-0.1, -0.05) is 44.2 Å². The van der Waals surface area contributed by atoms with Gasteiger partial charge in [-0.15, -0.1) is 0 Å². The molecular weight excluding hydrogens is 164 g/mol. The largest absolute Gasteiger partial charge is 0.291 e. The summed E-state index contributed by atoms with van der Waals surface area (Å²) in [6.45, 7) is 4.02. The summed E-state index contributed by atoms with van der Waals surface area (Å²) in [6, 6.07) is 11.4. The highest BCUT2D eigenvalue weighted by molar-refractivity contribution is 6.85. The fourth-order valence-electron chi connectivity index (χ4n) is 1.40. The van der Waals surface area contributed by atoms with Crippen LogP contribution in [0.2, 0.25) is 12.1 Å². The van der Waals surface area contributed by atoms with Crippen molar-refractivity contribution in [2.75, 3.05) is 0 Å². The molecule has 0 saturated carbocycles. The van der Waals surface area contributed by atoms with Gasteiger partial charge in [-0.3, -0.25) is 4.80 Å². The van der Waals surface area contributed by atoms with Gasteiger partial charge in [-0.05, 0) is 17.3 Å². The van der Waals surface area contributed by atoms with Gasteiger partial charge in [0.25, 0.3) is 8.32 Å². The number of hydrogen-bond donors (Lipinski definition) is 0. The van der Waals surface area contributed by atoms with Crippen molar-refractivity contribution >= 4 is 13.5 Å². The Hall–Kier alpha value is -0.603. The first-order valence-electron chi connectivity index (χ1n) is 4.49. The van der Waals surface area contributed by atoms with Crippen molar-refractivity contribution in [3.05, 3.63) is 30.3 Å². The van der Waals surface area contributed by atoms with Gasteiger partial charge in [0, 0.05) is 0 Å². The first-order chi connectivity index (χ1) is 5.73. The minimum atomic E-state index is -2.32. The molecule has 65 valence electrons. The third kappa shape index (κ3) is 1.76. The van der Waals surface area contributed by atoms with E-state index >= 15 is 0 Å². The van der Waals surface area contributed by atoms with Crippen LogP contribution >= 0.6 is 0 Å². The molecule has 0 heterocycles. The quantitative estimate of drug-likeness (QED) is 0.635. The van der Waals surface area contributed by atoms with E-state index in [1.165, 1.54) is 0 Å². The van der Waals surface area contributed by atoms with E-state index in [1.54, 1.807) is 0 Å². The lowest BCUT2D eigenvalue weighted by molar-refractivity contribution is 0.429. The van der Waals surface area contributed by atoms with E-state index in [2.05, 4.69) is 0 Å². The molecule has 0 spiro atoms. The smallest absolute Gasteiger partial charge is 0.267 e. The zero-order chi connectivity index (χ0) is 9.03. The Bertz CT molecular complexity index is 229.